The highest BCUT2D eigenvalue weighted by Gasteiger charge is 2.10. The van der Waals surface area contributed by atoms with Crippen molar-refractivity contribution in [2.45, 2.75) is 20.3 Å². The van der Waals surface area contributed by atoms with Gasteiger partial charge < -0.3 is 9.47 Å². The van der Waals surface area contributed by atoms with Gasteiger partial charge in [0.05, 0.1) is 18.7 Å². The Balaban J connectivity index is 2.43. The van der Waals surface area contributed by atoms with E-state index in [0.717, 1.165) is 0 Å². The van der Waals surface area contributed by atoms with Crippen molar-refractivity contribution in [3.8, 4) is 0 Å². The third kappa shape index (κ3) is 5.24. The number of aromatic nitrogens is 1. The first-order chi connectivity index (χ1) is 8.65. The zero-order valence-corrected chi connectivity index (χ0v) is 11.2. The van der Waals surface area contributed by atoms with Crippen molar-refractivity contribution in [3.05, 3.63) is 11.1 Å². The smallest absolute Gasteiger partial charge is 0.311 e. The molecule has 0 bridgehead atoms. The van der Waals surface area contributed by atoms with E-state index in [0.29, 0.717) is 24.0 Å². The Labute approximate surface area is 109 Å². The van der Waals surface area contributed by atoms with Crippen molar-refractivity contribution in [1.29, 1.82) is 0 Å². The molecule has 0 aliphatic heterocycles. The fourth-order valence-corrected chi connectivity index (χ4v) is 1.88. The molecular formula is C11H16N2O4S. The quantitative estimate of drug-likeness (QED) is 0.755. The van der Waals surface area contributed by atoms with Crippen LogP contribution in [-0.4, -0.2) is 36.7 Å². The number of hydrogen-bond donors (Lipinski definition) is 1. The molecule has 1 rings (SSSR count). The van der Waals surface area contributed by atoms with Crippen molar-refractivity contribution in [3.63, 3.8) is 0 Å². The van der Waals surface area contributed by atoms with Crippen molar-refractivity contribution in [1.82, 2.24) is 4.98 Å². The van der Waals surface area contributed by atoms with Gasteiger partial charge in [-0.1, -0.05) is 0 Å². The number of thiazole rings is 1. The average molecular weight is 272 g/mol. The van der Waals surface area contributed by atoms with Crippen LogP contribution in [0.1, 0.15) is 19.5 Å². The molecule has 7 heteroatoms. The first-order valence-electron chi connectivity index (χ1n) is 5.63. The maximum Gasteiger partial charge on any atom is 0.311 e. The summed E-state index contributed by atoms with van der Waals surface area (Å²) in [7, 11) is 0. The van der Waals surface area contributed by atoms with E-state index in [1.807, 2.05) is 6.92 Å². The standard InChI is InChI=1S/C11H16N2O4S/c1-3-16-6-9(14)13-11-12-8(7-18-11)5-10(15)17-4-2/h7H,3-6H2,1-2H3,(H,12,13,14). The molecule has 0 unspecified atom stereocenters. The summed E-state index contributed by atoms with van der Waals surface area (Å²) in [6, 6.07) is 0. The van der Waals surface area contributed by atoms with Crippen molar-refractivity contribution in [2.24, 2.45) is 0 Å². The number of carbonyl (C=O) groups is 2. The lowest BCUT2D eigenvalue weighted by atomic mass is 10.3. The number of rotatable bonds is 7. The second kappa shape index (κ2) is 7.78. The highest BCUT2D eigenvalue weighted by Crippen LogP contribution is 2.15. The van der Waals surface area contributed by atoms with E-state index in [-0.39, 0.29) is 24.9 Å². The molecule has 18 heavy (non-hydrogen) atoms. The third-order valence-electron chi connectivity index (χ3n) is 1.87. The molecule has 0 aliphatic rings. The van der Waals surface area contributed by atoms with Crippen LogP contribution in [0.5, 0.6) is 0 Å². The predicted molar refractivity (Wildman–Crippen MR) is 67.6 cm³/mol. The maximum atomic E-state index is 11.3. The minimum absolute atomic E-state index is 0.00326. The fourth-order valence-electron chi connectivity index (χ4n) is 1.16. The highest BCUT2D eigenvalue weighted by molar-refractivity contribution is 7.13. The van der Waals surface area contributed by atoms with Crippen LogP contribution < -0.4 is 5.32 Å². The van der Waals surface area contributed by atoms with Crippen molar-refractivity contribution in [2.75, 3.05) is 25.1 Å². The zero-order chi connectivity index (χ0) is 13.4. The van der Waals surface area contributed by atoms with E-state index < -0.39 is 0 Å². The lowest BCUT2D eigenvalue weighted by molar-refractivity contribution is -0.142. The number of amides is 1. The van der Waals surface area contributed by atoms with Gasteiger partial charge in [-0.3, -0.25) is 14.9 Å². The van der Waals surface area contributed by atoms with Crippen LogP contribution in [-0.2, 0) is 25.5 Å². The largest absolute Gasteiger partial charge is 0.466 e. The van der Waals surface area contributed by atoms with Gasteiger partial charge in [-0.2, -0.15) is 0 Å². The summed E-state index contributed by atoms with van der Waals surface area (Å²) in [6.07, 6.45) is 0.117. The van der Waals surface area contributed by atoms with Crippen molar-refractivity contribution < 1.29 is 19.1 Å². The molecule has 6 nitrogen and oxygen atoms in total. The molecule has 100 valence electrons. The van der Waals surface area contributed by atoms with Crippen LogP contribution in [0, 0.1) is 0 Å². The molecule has 0 saturated heterocycles. The van der Waals surface area contributed by atoms with Crippen LogP contribution in [0.25, 0.3) is 0 Å². The van der Waals surface area contributed by atoms with Crippen LogP contribution in [0.2, 0.25) is 0 Å². The van der Waals surface area contributed by atoms with E-state index in [9.17, 15) is 9.59 Å². The summed E-state index contributed by atoms with van der Waals surface area (Å²) in [4.78, 5) is 26.7. The van der Waals surface area contributed by atoms with Gasteiger partial charge in [0.1, 0.15) is 6.61 Å². The summed E-state index contributed by atoms with van der Waals surface area (Å²) < 4.78 is 9.77. The number of anilines is 1. The Morgan fingerprint density at radius 2 is 2.17 bits per heavy atom. The van der Waals surface area contributed by atoms with Gasteiger partial charge in [-0.25, -0.2) is 4.98 Å². The molecule has 0 aliphatic carbocycles. The number of esters is 1. The Morgan fingerprint density at radius 3 is 2.83 bits per heavy atom. The Bertz CT molecular complexity index is 406. The minimum atomic E-state index is -0.324. The molecule has 0 fully saturated rings. The SMILES string of the molecule is CCOCC(=O)Nc1nc(CC(=O)OCC)cs1. The predicted octanol–water partition coefficient (Wildman–Crippen LogP) is 1.22. The number of carbonyl (C=O) groups excluding carboxylic acids is 2. The van der Waals surface area contributed by atoms with Gasteiger partial charge in [-0.05, 0) is 13.8 Å². The van der Waals surface area contributed by atoms with Gasteiger partial charge in [0.25, 0.3) is 5.91 Å². The molecule has 1 aromatic rings. The van der Waals surface area contributed by atoms with E-state index in [2.05, 4.69) is 10.3 Å². The van der Waals surface area contributed by atoms with E-state index in [4.69, 9.17) is 9.47 Å². The molecule has 1 N–H and O–H groups in total. The second-order valence-electron chi connectivity index (χ2n) is 3.31. The zero-order valence-electron chi connectivity index (χ0n) is 10.4. The maximum absolute atomic E-state index is 11.3. The van der Waals surface area contributed by atoms with Crippen LogP contribution in [0.15, 0.2) is 5.38 Å². The molecule has 0 spiro atoms. The molecule has 1 heterocycles. The summed E-state index contributed by atoms with van der Waals surface area (Å²) in [5, 5.41) is 4.77. The third-order valence-corrected chi connectivity index (χ3v) is 2.67. The van der Waals surface area contributed by atoms with E-state index >= 15 is 0 Å². The molecule has 1 amide bonds. The monoisotopic (exact) mass is 272 g/mol. The highest BCUT2D eigenvalue weighted by atomic mass is 32.1. The topological polar surface area (TPSA) is 77.5 Å². The number of hydrogen-bond acceptors (Lipinski definition) is 6. The first-order valence-corrected chi connectivity index (χ1v) is 6.51. The molecule has 0 radical (unpaired) electrons. The second-order valence-corrected chi connectivity index (χ2v) is 4.17. The van der Waals surface area contributed by atoms with E-state index in [1.165, 1.54) is 11.3 Å². The van der Waals surface area contributed by atoms with Gasteiger partial charge in [-0.15, -0.1) is 11.3 Å². The summed E-state index contributed by atoms with van der Waals surface area (Å²) in [5.41, 5.74) is 0.588. The van der Waals surface area contributed by atoms with E-state index in [1.54, 1.807) is 12.3 Å². The minimum Gasteiger partial charge on any atom is -0.466 e. The number of nitrogens with one attached hydrogen (secondary N) is 1. The molecule has 1 aromatic heterocycles. The lowest BCUT2D eigenvalue weighted by Gasteiger charge is -2.01. The van der Waals surface area contributed by atoms with Crippen LogP contribution >= 0.6 is 11.3 Å². The van der Waals surface area contributed by atoms with Crippen LogP contribution in [0.3, 0.4) is 0 Å². The van der Waals surface area contributed by atoms with Crippen molar-refractivity contribution >= 4 is 28.3 Å². The number of ether oxygens (including phenoxy) is 2. The van der Waals surface area contributed by atoms with Gasteiger partial charge in [0, 0.05) is 12.0 Å². The fraction of sp³-hybridized carbons (Fsp3) is 0.545. The normalized spacial score (nSPS) is 10.1. The van der Waals surface area contributed by atoms with Gasteiger partial charge in [0.2, 0.25) is 0 Å². The summed E-state index contributed by atoms with van der Waals surface area (Å²) in [5.74, 6) is -0.580. The van der Waals surface area contributed by atoms with Crippen LogP contribution in [0.4, 0.5) is 5.13 Å². The lowest BCUT2D eigenvalue weighted by Crippen LogP contribution is -2.18. The Hall–Kier alpha value is -1.47. The number of nitrogens with zero attached hydrogens (tertiary/aromatic N) is 1. The summed E-state index contributed by atoms with van der Waals surface area (Å²) in [6.45, 7) is 4.40. The Kier molecular flexibility index (Phi) is 6.31. The molecule has 0 atom stereocenters. The first kappa shape index (κ1) is 14.6. The van der Waals surface area contributed by atoms with Gasteiger partial charge >= 0.3 is 5.97 Å². The van der Waals surface area contributed by atoms with Gasteiger partial charge in [0.15, 0.2) is 5.13 Å². The average Bonchev–Trinajstić information content (AvgIpc) is 2.74. The summed E-state index contributed by atoms with van der Waals surface area (Å²) >= 11 is 1.27. The molecule has 0 saturated carbocycles. The Morgan fingerprint density at radius 1 is 1.39 bits per heavy atom. The molecular weight excluding hydrogens is 256 g/mol. The molecule has 0 aromatic carbocycles.